The molecule has 10 aromatic carbocycles. The van der Waals surface area contributed by atoms with Gasteiger partial charge in [0.15, 0.2) is 5.82 Å². The number of rotatable bonds is 6. The van der Waals surface area contributed by atoms with Crippen LogP contribution >= 0.6 is 0 Å². The second-order valence-corrected chi connectivity index (χ2v) is 16.7. The minimum Gasteiger partial charge on any atom is -0.309 e. The molecule has 13 rings (SSSR count). The topological polar surface area (TPSA) is 43.6 Å². The molecule has 0 unspecified atom stereocenters. The predicted octanol–water partition coefficient (Wildman–Crippen LogP) is 15.9. The van der Waals surface area contributed by atoms with Gasteiger partial charge in [-0.15, -0.1) is 0 Å². The largest absolute Gasteiger partial charge is 0.309 e. The third-order valence-corrected chi connectivity index (χ3v) is 13.0. The smallest absolute Gasteiger partial charge is 0.160 e. The van der Waals surface area contributed by atoms with E-state index in [9.17, 15) is 0 Å². The highest BCUT2D eigenvalue weighted by atomic mass is 15.0. The summed E-state index contributed by atoms with van der Waals surface area (Å²) in [6, 6.07) is 82.0. The molecule has 0 bridgehead atoms. The highest BCUT2D eigenvalue weighted by Crippen LogP contribution is 2.43. The van der Waals surface area contributed by atoms with E-state index in [0.29, 0.717) is 5.82 Å². The van der Waals surface area contributed by atoms with E-state index < -0.39 is 0 Å². The van der Waals surface area contributed by atoms with Crippen molar-refractivity contribution in [3.63, 3.8) is 0 Å². The predicted molar refractivity (Wildman–Crippen MR) is 271 cm³/mol. The molecule has 4 nitrogen and oxygen atoms in total. The van der Waals surface area contributed by atoms with Gasteiger partial charge in [0.25, 0.3) is 0 Å². The molecule has 0 aliphatic carbocycles. The minimum atomic E-state index is 0.686. The summed E-state index contributed by atoms with van der Waals surface area (Å²) in [4.78, 5) is 16.0. The maximum absolute atomic E-state index is 5.39. The van der Waals surface area contributed by atoms with Crippen molar-refractivity contribution >= 4 is 65.0 Å². The Morgan fingerprint density at radius 1 is 0.308 bits per heavy atom. The van der Waals surface area contributed by atoms with Crippen molar-refractivity contribution in [3.8, 4) is 62.0 Å². The van der Waals surface area contributed by atoms with Crippen LogP contribution in [0.1, 0.15) is 0 Å². The summed E-state index contributed by atoms with van der Waals surface area (Å²) >= 11 is 0. The van der Waals surface area contributed by atoms with Gasteiger partial charge in [-0.1, -0.05) is 188 Å². The van der Waals surface area contributed by atoms with Gasteiger partial charge in [0.2, 0.25) is 0 Å². The Balaban J connectivity index is 0.941. The Morgan fingerprint density at radius 3 is 1.60 bits per heavy atom. The summed E-state index contributed by atoms with van der Waals surface area (Å²) < 4.78 is 2.39. The molecule has 65 heavy (non-hydrogen) atoms. The van der Waals surface area contributed by atoms with Crippen molar-refractivity contribution in [2.24, 2.45) is 0 Å². The van der Waals surface area contributed by atoms with E-state index >= 15 is 0 Å². The fourth-order valence-electron chi connectivity index (χ4n) is 9.98. The quantitative estimate of drug-likeness (QED) is 0.157. The summed E-state index contributed by atoms with van der Waals surface area (Å²) in [5.74, 6) is 0.686. The number of benzene rings is 10. The summed E-state index contributed by atoms with van der Waals surface area (Å²) in [6.07, 6.45) is 0. The Labute approximate surface area is 375 Å². The van der Waals surface area contributed by atoms with Crippen LogP contribution in [0.4, 0.5) is 0 Å². The first-order valence-corrected chi connectivity index (χ1v) is 22.1. The van der Waals surface area contributed by atoms with Gasteiger partial charge in [-0.3, -0.25) is 0 Å². The number of nitrogens with zero attached hydrogens (tertiary/aromatic N) is 4. The van der Waals surface area contributed by atoms with Gasteiger partial charge in [-0.2, -0.15) is 0 Å². The molecular formula is C61H38N4. The molecule has 0 atom stereocenters. The molecule has 0 amide bonds. The van der Waals surface area contributed by atoms with Crippen LogP contribution in [0.15, 0.2) is 231 Å². The van der Waals surface area contributed by atoms with Crippen LogP contribution in [0, 0.1) is 0 Å². The zero-order valence-corrected chi connectivity index (χ0v) is 35.2. The van der Waals surface area contributed by atoms with Crippen LogP contribution in [-0.2, 0) is 0 Å². The van der Waals surface area contributed by atoms with E-state index in [1.165, 1.54) is 38.0 Å². The summed E-state index contributed by atoms with van der Waals surface area (Å²) in [7, 11) is 0. The molecule has 3 heterocycles. The summed E-state index contributed by atoms with van der Waals surface area (Å²) in [5, 5.41) is 10.6. The lowest BCUT2D eigenvalue weighted by Gasteiger charge is -2.14. The SMILES string of the molecule is c1ccc(-n2c3ccccc3c3c4c(ccc32)c(-c2cccc(-c3ccc(-c5nc(-c6cccc7ccccc67)cc(-c6cccc7ccccc67)n5)cc3)c2)nc2ccccc24)cc1. The van der Waals surface area contributed by atoms with Crippen molar-refractivity contribution in [1.82, 2.24) is 19.5 Å². The number of para-hydroxylation sites is 3. The second-order valence-electron chi connectivity index (χ2n) is 16.7. The maximum Gasteiger partial charge on any atom is 0.160 e. The fourth-order valence-corrected chi connectivity index (χ4v) is 9.98. The summed E-state index contributed by atoms with van der Waals surface area (Å²) in [5.41, 5.74) is 13.6. The second kappa shape index (κ2) is 15.0. The zero-order valence-electron chi connectivity index (χ0n) is 35.2. The number of hydrogen-bond donors (Lipinski definition) is 0. The first-order chi connectivity index (χ1) is 32.2. The number of hydrogen-bond acceptors (Lipinski definition) is 3. The van der Waals surface area contributed by atoms with E-state index in [0.717, 1.165) is 83.2 Å². The zero-order chi connectivity index (χ0) is 42.8. The monoisotopic (exact) mass is 826 g/mol. The van der Waals surface area contributed by atoms with Crippen LogP contribution in [-0.4, -0.2) is 19.5 Å². The molecule has 0 saturated carbocycles. The van der Waals surface area contributed by atoms with E-state index in [2.05, 4.69) is 235 Å². The average Bonchev–Trinajstić information content (AvgIpc) is 3.73. The number of pyridine rings is 1. The highest BCUT2D eigenvalue weighted by Gasteiger charge is 2.20. The molecule has 0 N–H and O–H groups in total. The van der Waals surface area contributed by atoms with Crippen LogP contribution < -0.4 is 0 Å². The lowest BCUT2D eigenvalue weighted by Crippen LogP contribution is -1.97. The normalized spacial score (nSPS) is 11.7. The molecule has 302 valence electrons. The van der Waals surface area contributed by atoms with Crippen molar-refractivity contribution in [3.05, 3.63) is 231 Å². The molecule has 13 aromatic rings. The molecule has 0 radical (unpaired) electrons. The Hall–Kier alpha value is -8.73. The maximum atomic E-state index is 5.39. The molecule has 0 fully saturated rings. The molecule has 0 spiro atoms. The fraction of sp³-hybridized carbons (Fsp3) is 0. The first kappa shape index (κ1) is 36.9. The molecular weight excluding hydrogens is 789 g/mol. The van der Waals surface area contributed by atoms with Gasteiger partial charge in [0.05, 0.1) is 33.6 Å². The first-order valence-electron chi connectivity index (χ1n) is 22.1. The molecule has 0 saturated heterocycles. The molecule has 0 aliphatic heterocycles. The Kier molecular flexibility index (Phi) is 8.50. The van der Waals surface area contributed by atoms with Crippen molar-refractivity contribution < 1.29 is 0 Å². The van der Waals surface area contributed by atoms with Gasteiger partial charge in [-0.25, -0.2) is 15.0 Å². The van der Waals surface area contributed by atoms with E-state index in [1.807, 2.05) is 0 Å². The average molecular weight is 827 g/mol. The van der Waals surface area contributed by atoms with E-state index in [-0.39, 0.29) is 0 Å². The van der Waals surface area contributed by atoms with Gasteiger partial charge in [0.1, 0.15) is 0 Å². The number of aromatic nitrogens is 4. The van der Waals surface area contributed by atoms with Gasteiger partial charge < -0.3 is 4.57 Å². The highest BCUT2D eigenvalue weighted by molar-refractivity contribution is 6.29. The van der Waals surface area contributed by atoms with Gasteiger partial charge in [0, 0.05) is 54.9 Å². The van der Waals surface area contributed by atoms with Crippen molar-refractivity contribution in [2.75, 3.05) is 0 Å². The van der Waals surface area contributed by atoms with Crippen LogP contribution in [0.3, 0.4) is 0 Å². The third-order valence-electron chi connectivity index (χ3n) is 13.0. The van der Waals surface area contributed by atoms with Gasteiger partial charge >= 0.3 is 0 Å². The minimum absolute atomic E-state index is 0.686. The van der Waals surface area contributed by atoms with Crippen molar-refractivity contribution in [2.45, 2.75) is 0 Å². The van der Waals surface area contributed by atoms with Crippen LogP contribution in [0.2, 0.25) is 0 Å². The Bertz CT molecular complexity index is 3890. The standard InChI is InChI=1S/C61H38N4/c1-2-21-45(22-3-1)65-56-30-11-9-26-51(56)59-57(65)36-35-52-58(59)50-25-8-10-29-53(50)62-60(52)44-20-12-19-43(37-44)39-31-33-42(34-32-39)61-63-54(48-27-13-17-40-15-4-6-23-46(40)48)38-55(64-61)49-28-14-18-41-16-5-7-24-47(41)49/h1-38H. The number of fused-ring (bicyclic) bond motifs is 9. The lowest BCUT2D eigenvalue weighted by atomic mass is 9.94. The van der Waals surface area contributed by atoms with Gasteiger partial charge in [-0.05, 0) is 75.1 Å². The Morgan fingerprint density at radius 2 is 0.877 bits per heavy atom. The molecule has 4 heteroatoms. The van der Waals surface area contributed by atoms with Crippen LogP contribution in [0.25, 0.3) is 127 Å². The molecule has 0 aliphatic rings. The summed E-state index contributed by atoms with van der Waals surface area (Å²) in [6.45, 7) is 0. The van der Waals surface area contributed by atoms with Crippen LogP contribution in [0.5, 0.6) is 0 Å². The lowest BCUT2D eigenvalue weighted by molar-refractivity contribution is 1.18. The van der Waals surface area contributed by atoms with Crippen molar-refractivity contribution in [1.29, 1.82) is 0 Å². The van der Waals surface area contributed by atoms with E-state index in [4.69, 9.17) is 15.0 Å². The third kappa shape index (κ3) is 6.11. The molecule has 3 aromatic heterocycles. The van der Waals surface area contributed by atoms with E-state index in [1.54, 1.807) is 0 Å².